The van der Waals surface area contributed by atoms with Gasteiger partial charge in [-0.05, 0) is 37.6 Å². The third kappa shape index (κ3) is 1.20. The zero-order chi connectivity index (χ0) is 7.90. The van der Waals surface area contributed by atoms with E-state index in [1.165, 1.54) is 38.8 Å². The molecule has 1 atom stereocenters. The number of hydrogen-bond acceptors (Lipinski definition) is 1. The molecule has 2 fully saturated rings. The zero-order valence-corrected chi connectivity index (χ0v) is 7.77. The summed E-state index contributed by atoms with van der Waals surface area (Å²) in [5.41, 5.74) is 0.787. The summed E-state index contributed by atoms with van der Waals surface area (Å²) in [5.74, 6) is 1.06. The number of likely N-dealkylation sites (tertiary alicyclic amines) is 1. The van der Waals surface area contributed by atoms with Gasteiger partial charge in [0, 0.05) is 13.1 Å². The van der Waals surface area contributed by atoms with E-state index in [0.29, 0.717) is 0 Å². The second-order valence-electron chi connectivity index (χ2n) is 4.69. The summed E-state index contributed by atoms with van der Waals surface area (Å²) >= 11 is 0. The van der Waals surface area contributed by atoms with E-state index in [2.05, 4.69) is 18.9 Å². The molecule has 1 unspecified atom stereocenters. The van der Waals surface area contributed by atoms with E-state index in [9.17, 15) is 0 Å². The maximum atomic E-state index is 2.46. The van der Waals surface area contributed by atoms with Gasteiger partial charge in [0.2, 0.25) is 0 Å². The first kappa shape index (κ1) is 7.60. The highest BCUT2D eigenvalue weighted by atomic mass is 15.2. The molecule has 0 amide bonds. The summed E-state index contributed by atoms with van der Waals surface area (Å²) in [5, 5.41) is 0. The van der Waals surface area contributed by atoms with Crippen LogP contribution in [0.5, 0.6) is 0 Å². The lowest BCUT2D eigenvalue weighted by molar-refractivity contribution is 0.0251. The van der Waals surface area contributed by atoms with Crippen LogP contribution in [0.25, 0.3) is 0 Å². The van der Waals surface area contributed by atoms with Gasteiger partial charge in [-0.1, -0.05) is 13.3 Å². The van der Waals surface area contributed by atoms with Crippen molar-refractivity contribution in [2.75, 3.05) is 20.1 Å². The van der Waals surface area contributed by atoms with Crippen LogP contribution >= 0.6 is 0 Å². The minimum Gasteiger partial charge on any atom is -0.305 e. The summed E-state index contributed by atoms with van der Waals surface area (Å²) in [6.45, 7) is 5.10. The Morgan fingerprint density at radius 2 is 2.18 bits per heavy atom. The van der Waals surface area contributed by atoms with Crippen molar-refractivity contribution in [3.8, 4) is 0 Å². The molecule has 1 heteroatoms. The maximum absolute atomic E-state index is 2.46. The van der Waals surface area contributed by atoms with Gasteiger partial charge < -0.3 is 4.90 Å². The van der Waals surface area contributed by atoms with Gasteiger partial charge >= 0.3 is 0 Å². The number of nitrogens with zero attached hydrogens (tertiary/aromatic N) is 1. The van der Waals surface area contributed by atoms with Gasteiger partial charge in [-0.3, -0.25) is 0 Å². The first-order chi connectivity index (χ1) is 5.24. The normalized spacial score (nSPS) is 36.0. The molecule has 1 spiro atoms. The average Bonchev–Trinajstić information content (AvgIpc) is 2.31. The molecule has 0 aromatic carbocycles. The van der Waals surface area contributed by atoms with E-state index < -0.39 is 0 Å². The van der Waals surface area contributed by atoms with E-state index >= 15 is 0 Å². The van der Waals surface area contributed by atoms with E-state index in [0.717, 1.165) is 11.3 Å². The molecule has 0 radical (unpaired) electrons. The Hall–Kier alpha value is -0.0400. The van der Waals surface area contributed by atoms with Gasteiger partial charge in [-0.2, -0.15) is 0 Å². The Labute approximate surface area is 69.8 Å². The lowest BCUT2D eigenvalue weighted by atomic mass is 9.78. The average molecular weight is 153 g/mol. The highest BCUT2D eigenvalue weighted by Gasteiger charge is 2.45. The van der Waals surface area contributed by atoms with Crippen molar-refractivity contribution in [1.29, 1.82) is 0 Å². The Bertz CT molecular complexity index is 147. The standard InChI is InChI=1S/C10H19N/c1-3-9-4-5-10(6-9)7-11(2)8-10/h9H,3-8H2,1-2H3. The largest absolute Gasteiger partial charge is 0.305 e. The van der Waals surface area contributed by atoms with Crippen LogP contribution in [0.4, 0.5) is 0 Å². The first-order valence-electron chi connectivity index (χ1n) is 4.93. The fourth-order valence-corrected chi connectivity index (χ4v) is 3.06. The molecule has 0 aromatic heterocycles. The van der Waals surface area contributed by atoms with Crippen LogP contribution in [0, 0.1) is 11.3 Å². The van der Waals surface area contributed by atoms with Crippen LogP contribution in [0.3, 0.4) is 0 Å². The molecule has 1 heterocycles. The molecule has 1 aliphatic carbocycles. The van der Waals surface area contributed by atoms with Crippen molar-refractivity contribution >= 4 is 0 Å². The molecule has 1 nitrogen and oxygen atoms in total. The maximum Gasteiger partial charge on any atom is 0.00475 e. The number of hydrogen-bond donors (Lipinski definition) is 0. The Balaban J connectivity index is 1.89. The second kappa shape index (κ2) is 2.48. The predicted octanol–water partition coefficient (Wildman–Crippen LogP) is 2.13. The Morgan fingerprint density at radius 3 is 2.64 bits per heavy atom. The van der Waals surface area contributed by atoms with Gasteiger partial charge in [-0.15, -0.1) is 0 Å². The van der Waals surface area contributed by atoms with Crippen molar-refractivity contribution in [2.24, 2.45) is 11.3 Å². The summed E-state index contributed by atoms with van der Waals surface area (Å²) in [7, 11) is 2.24. The highest BCUT2D eigenvalue weighted by Crippen LogP contribution is 2.48. The summed E-state index contributed by atoms with van der Waals surface area (Å²) < 4.78 is 0. The molecule has 2 rings (SSSR count). The first-order valence-corrected chi connectivity index (χ1v) is 4.93. The van der Waals surface area contributed by atoms with Crippen molar-refractivity contribution in [3.05, 3.63) is 0 Å². The summed E-state index contributed by atoms with van der Waals surface area (Å²) in [6.07, 6.45) is 5.94. The predicted molar refractivity (Wildman–Crippen MR) is 47.6 cm³/mol. The molecule has 0 bridgehead atoms. The van der Waals surface area contributed by atoms with Crippen LogP contribution in [-0.2, 0) is 0 Å². The quantitative estimate of drug-likeness (QED) is 0.558. The van der Waals surface area contributed by atoms with Crippen LogP contribution in [0.1, 0.15) is 32.6 Å². The SMILES string of the molecule is CCC1CCC2(C1)CN(C)C2. The lowest BCUT2D eigenvalue weighted by Gasteiger charge is -2.46. The molecule has 64 valence electrons. The molecular formula is C10H19N. The van der Waals surface area contributed by atoms with E-state index in [-0.39, 0.29) is 0 Å². The van der Waals surface area contributed by atoms with E-state index in [4.69, 9.17) is 0 Å². The molecule has 1 saturated heterocycles. The fraction of sp³-hybridized carbons (Fsp3) is 1.00. The molecular weight excluding hydrogens is 134 g/mol. The smallest absolute Gasteiger partial charge is 0.00475 e. The second-order valence-corrected chi connectivity index (χ2v) is 4.69. The minimum atomic E-state index is 0.787. The molecule has 0 aromatic rings. The summed E-state index contributed by atoms with van der Waals surface area (Å²) in [6, 6.07) is 0. The van der Waals surface area contributed by atoms with Gasteiger partial charge in [0.1, 0.15) is 0 Å². The van der Waals surface area contributed by atoms with Crippen molar-refractivity contribution in [1.82, 2.24) is 4.90 Å². The highest BCUT2D eigenvalue weighted by molar-refractivity contribution is 4.98. The van der Waals surface area contributed by atoms with Crippen molar-refractivity contribution < 1.29 is 0 Å². The molecule has 0 N–H and O–H groups in total. The van der Waals surface area contributed by atoms with Gasteiger partial charge in [0.05, 0.1) is 0 Å². The van der Waals surface area contributed by atoms with E-state index in [1.807, 2.05) is 0 Å². The molecule has 1 aliphatic heterocycles. The Kier molecular flexibility index (Phi) is 1.71. The van der Waals surface area contributed by atoms with Crippen LogP contribution in [0.15, 0.2) is 0 Å². The Morgan fingerprint density at radius 1 is 1.45 bits per heavy atom. The topological polar surface area (TPSA) is 3.24 Å². The minimum absolute atomic E-state index is 0.787. The van der Waals surface area contributed by atoms with Crippen LogP contribution in [0.2, 0.25) is 0 Å². The lowest BCUT2D eigenvalue weighted by Crippen LogP contribution is -2.52. The van der Waals surface area contributed by atoms with Crippen molar-refractivity contribution in [2.45, 2.75) is 32.6 Å². The van der Waals surface area contributed by atoms with Crippen LogP contribution in [-0.4, -0.2) is 25.0 Å². The van der Waals surface area contributed by atoms with Gasteiger partial charge in [0.15, 0.2) is 0 Å². The van der Waals surface area contributed by atoms with Crippen LogP contribution < -0.4 is 0 Å². The van der Waals surface area contributed by atoms with Gasteiger partial charge in [-0.25, -0.2) is 0 Å². The molecule has 1 saturated carbocycles. The summed E-state index contributed by atoms with van der Waals surface area (Å²) in [4.78, 5) is 2.46. The molecule has 11 heavy (non-hydrogen) atoms. The monoisotopic (exact) mass is 153 g/mol. The third-order valence-electron chi connectivity index (χ3n) is 3.59. The van der Waals surface area contributed by atoms with Gasteiger partial charge in [0.25, 0.3) is 0 Å². The third-order valence-corrected chi connectivity index (χ3v) is 3.59. The van der Waals surface area contributed by atoms with E-state index in [1.54, 1.807) is 0 Å². The molecule has 2 aliphatic rings. The van der Waals surface area contributed by atoms with Crippen molar-refractivity contribution in [3.63, 3.8) is 0 Å². The zero-order valence-electron chi connectivity index (χ0n) is 7.77. The number of rotatable bonds is 1. The fourth-order valence-electron chi connectivity index (χ4n) is 3.06.